The standard InChI is InChI=1S/C20H20F3NO4/c1-26-17-6-3-13(11-18(17)27-2)16-12-14(20(21,22)23)4-5-15(16)19(25)24-7-9-28-10-8-24/h3-6,11-12H,7-10H2,1-2H3. The summed E-state index contributed by atoms with van der Waals surface area (Å²) in [6, 6.07) is 7.91. The molecular weight excluding hydrogens is 375 g/mol. The minimum absolute atomic E-state index is 0.187. The molecule has 0 bridgehead atoms. The normalized spacial score (nSPS) is 14.7. The lowest BCUT2D eigenvalue weighted by molar-refractivity contribution is -0.137. The highest BCUT2D eigenvalue weighted by Crippen LogP contribution is 2.37. The number of benzene rings is 2. The van der Waals surface area contributed by atoms with Crippen LogP contribution in [0.25, 0.3) is 11.1 Å². The van der Waals surface area contributed by atoms with E-state index in [1.165, 1.54) is 20.3 Å². The molecule has 0 saturated carbocycles. The second-order valence-corrected chi connectivity index (χ2v) is 6.23. The summed E-state index contributed by atoms with van der Waals surface area (Å²) < 4.78 is 55.5. The minimum Gasteiger partial charge on any atom is -0.493 e. The Morgan fingerprint density at radius 2 is 1.68 bits per heavy atom. The van der Waals surface area contributed by atoms with Crippen molar-refractivity contribution in [3.63, 3.8) is 0 Å². The number of hydrogen-bond acceptors (Lipinski definition) is 4. The molecular formula is C20H20F3NO4. The van der Waals surface area contributed by atoms with Crippen LogP contribution in [-0.2, 0) is 10.9 Å². The van der Waals surface area contributed by atoms with Gasteiger partial charge in [-0.1, -0.05) is 6.07 Å². The molecule has 0 aliphatic carbocycles. The third-order valence-electron chi connectivity index (χ3n) is 4.57. The van der Waals surface area contributed by atoms with Gasteiger partial charge in [-0.3, -0.25) is 4.79 Å². The number of morpholine rings is 1. The number of carbonyl (C=O) groups excluding carboxylic acids is 1. The molecule has 1 heterocycles. The first-order valence-corrected chi connectivity index (χ1v) is 8.66. The van der Waals surface area contributed by atoms with Gasteiger partial charge in [0.15, 0.2) is 11.5 Å². The van der Waals surface area contributed by atoms with Gasteiger partial charge in [0.2, 0.25) is 0 Å². The Balaban J connectivity index is 2.12. The summed E-state index contributed by atoms with van der Waals surface area (Å²) >= 11 is 0. The van der Waals surface area contributed by atoms with Gasteiger partial charge in [-0.25, -0.2) is 0 Å². The maximum atomic E-state index is 13.3. The van der Waals surface area contributed by atoms with E-state index in [-0.39, 0.29) is 17.0 Å². The van der Waals surface area contributed by atoms with E-state index >= 15 is 0 Å². The molecule has 0 radical (unpaired) electrons. The molecule has 1 fully saturated rings. The summed E-state index contributed by atoms with van der Waals surface area (Å²) in [6.45, 7) is 1.59. The van der Waals surface area contributed by atoms with Gasteiger partial charge in [-0.15, -0.1) is 0 Å². The van der Waals surface area contributed by atoms with Crippen molar-refractivity contribution in [1.82, 2.24) is 4.90 Å². The molecule has 1 amide bonds. The molecule has 0 spiro atoms. The van der Waals surface area contributed by atoms with E-state index in [2.05, 4.69) is 0 Å². The maximum absolute atomic E-state index is 13.3. The lowest BCUT2D eigenvalue weighted by atomic mass is 9.95. The van der Waals surface area contributed by atoms with E-state index in [9.17, 15) is 18.0 Å². The Morgan fingerprint density at radius 3 is 2.29 bits per heavy atom. The lowest BCUT2D eigenvalue weighted by Crippen LogP contribution is -2.40. The first kappa shape index (κ1) is 20.0. The Morgan fingerprint density at radius 1 is 1.00 bits per heavy atom. The molecule has 3 rings (SSSR count). The van der Waals surface area contributed by atoms with Crippen LogP contribution in [-0.4, -0.2) is 51.3 Å². The molecule has 28 heavy (non-hydrogen) atoms. The zero-order valence-corrected chi connectivity index (χ0v) is 15.5. The van der Waals surface area contributed by atoms with Crippen LogP contribution in [0.4, 0.5) is 13.2 Å². The summed E-state index contributed by atoms with van der Waals surface area (Å²) in [5, 5.41) is 0. The van der Waals surface area contributed by atoms with E-state index in [1.54, 1.807) is 23.1 Å². The Kier molecular flexibility index (Phi) is 5.79. The van der Waals surface area contributed by atoms with Gasteiger partial charge < -0.3 is 19.1 Å². The average Bonchev–Trinajstić information content (AvgIpc) is 2.72. The fourth-order valence-electron chi connectivity index (χ4n) is 3.09. The topological polar surface area (TPSA) is 48.0 Å². The Labute approximate surface area is 160 Å². The molecule has 2 aromatic carbocycles. The molecule has 1 aliphatic rings. The zero-order valence-electron chi connectivity index (χ0n) is 15.5. The van der Waals surface area contributed by atoms with Gasteiger partial charge in [0.25, 0.3) is 5.91 Å². The van der Waals surface area contributed by atoms with Crippen LogP contribution in [0.5, 0.6) is 11.5 Å². The number of amides is 1. The van der Waals surface area contributed by atoms with Crippen LogP contribution < -0.4 is 9.47 Å². The fourth-order valence-corrected chi connectivity index (χ4v) is 3.09. The second kappa shape index (κ2) is 8.10. The molecule has 8 heteroatoms. The van der Waals surface area contributed by atoms with E-state index in [0.717, 1.165) is 12.1 Å². The predicted octanol–water partition coefficient (Wildman–Crippen LogP) is 3.86. The van der Waals surface area contributed by atoms with Crippen LogP contribution in [0.1, 0.15) is 15.9 Å². The van der Waals surface area contributed by atoms with Crippen LogP contribution >= 0.6 is 0 Å². The largest absolute Gasteiger partial charge is 0.493 e. The molecule has 5 nitrogen and oxygen atoms in total. The van der Waals surface area contributed by atoms with Gasteiger partial charge in [0.05, 0.1) is 33.0 Å². The molecule has 0 N–H and O–H groups in total. The van der Waals surface area contributed by atoms with Gasteiger partial charge in [0, 0.05) is 18.7 Å². The van der Waals surface area contributed by atoms with Crippen molar-refractivity contribution in [3.05, 3.63) is 47.5 Å². The molecule has 0 atom stereocenters. The van der Waals surface area contributed by atoms with Crippen molar-refractivity contribution >= 4 is 5.91 Å². The summed E-state index contributed by atoms with van der Waals surface area (Å²) in [6.07, 6.45) is -4.52. The zero-order chi connectivity index (χ0) is 20.3. The number of halogens is 3. The Bertz CT molecular complexity index is 861. The van der Waals surface area contributed by atoms with Gasteiger partial charge in [-0.05, 0) is 41.5 Å². The quantitative estimate of drug-likeness (QED) is 0.789. The van der Waals surface area contributed by atoms with Crippen LogP contribution in [0.2, 0.25) is 0 Å². The summed E-state index contributed by atoms with van der Waals surface area (Å²) in [7, 11) is 2.91. The Hall–Kier alpha value is -2.74. The summed E-state index contributed by atoms with van der Waals surface area (Å²) in [5.74, 6) is 0.475. The third kappa shape index (κ3) is 4.06. The van der Waals surface area contributed by atoms with E-state index in [4.69, 9.17) is 14.2 Å². The summed E-state index contributed by atoms with van der Waals surface area (Å²) in [4.78, 5) is 14.5. The lowest BCUT2D eigenvalue weighted by Gasteiger charge is -2.28. The third-order valence-corrected chi connectivity index (χ3v) is 4.57. The number of nitrogens with zero attached hydrogens (tertiary/aromatic N) is 1. The molecule has 1 aliphatic heterocycles. The van der Waals surface area contributed by atoms with Crippen LogP contribution in [0, 0.1) is 0 Å². The number of ether oxygens (including phenoxy) is 3. The smallest absolute Gasteiger partial charge is 0.416 e. The molecule has 1 saturated heterocycles. The fraction of sp³-hybridized carbons (Fsp3) is 0.350. The molecule has 0 unspecified atom stereocenters. The average molecular weight is 395 g/mol. The second-order valence-electron chi connectivity index (χ2n) is 6.23. The van der Waals surface area contributed by atoms with E-state index < -0.39 is 11.7 Å². The highest BCUT2D eigenvalue weighted by molar-refractivity contribution is 6.01. The van der Waals surface area contributed by atoms with Crippen LogP contribution in [0.15, 0.2) is 36.4 Å². The minimum atomic E-state index is -4.52. The van der Waals surface area contributed by atoms with Crippen LogP contribution in [0.3, 0.4) is 0 Å². The van der Waals surface area contributed by atoms with Crippen molar-refractivity contribution in [2.75, 3.05) is 40.5 Å². The van der Waals surface area contributed by atoms with E-state index in [0.29, 0.717) is 43.4 Å². The summed E-state index contributed by atoms with van der Waals surface area (Å²) in [5.41, 5.74) is -0.00874. The van der Waals surface area contributed by atoms with Crippen molar-refractivity contribution < 1.29 is 32.2 Å². The van der Waals surface area contributed by atoms with Crippen molar-refractivity contribution in [3.8, 4) is 22.6 Å². The highest BCUT2D eigenvalue weighted by Gasteiger charge is 2.32. The van der Waals surface area contributed by atoms with Gasteiger partial charge >= 0.3 is 6.18 Å². The number of hydrogen-bond donors (Lipinski definition) is 0. The van der Waals surface area contributed by atoms with Crippen molar-refractivity contribution in [2.45, 2.75) is 6.18 Å². The van der Waals surface area contributed by atoms with Gasteiger partial charge in [0.1, 0.15) is 0 Å². The number of carbonyl (C=O) groups is 1. The molecule has 0 aromatic heterocycles. The monoisotopic (exact) mass is 395 g/mol. The number of alkyl halides is 3. The first-order valence-electron chi connectivity index (χ1n) is 8.66. The van der Waals surface area contributed by atoms with Gasteiger partial charge in [-0.2, -0.15) is 13.2 Å². The SMILES string of the molecule is COc1ccc(-c2cc(C(F)(F)F)ccc2C(=O)N2CCOCC2)cc1OC. The molecule has 150 valence electrons. The number of rotatable bonds is 4. The van der Waals surface area contributed by atoms with Crippen molar-refractivity contribution in [1.29, 1.82) is 0 Å². The maximum Gasteiger partial charge on any atom is 0.416 e. The predicted molar refractivity (Wildman–Crippen MR) is 96.7 cm³/mol. The van der Waals surface area contributed by atoms with Crippen molar-refractivity contribution in [2.24, 2.45) is 0 Å². The molecule has 2 aromatic rings. The first-order chi connectivity index (χ1) is 13.3. The highest BCUT2D eigenvalue weighted by atomic mass is 19.4. The number of methoxy groups -OCH3 is 2. The van der Waals surface area contributed by atoms with E-state index in [1.807, 2.05) is 0 Å².